The third-order valence-electron chi connectivity index (χ3n) is 3.20. The third kappa shape index (κ3) is 4.11. The summed E-state index contributed by atoms with van der Waals surface area (Å²) in [6, 6.07) is 7.65. The van der Waals surface area contributed by atoms with Gasteiger partial charge in [-0.2, -0.15) is 0 Å². The minimum atomic E-state index is 0.0648. The molecule has 0 aliphatic heterocycles. The molecule has 0 aromatic heterocycles. The number of unbranched alkanes of at least 4 members (excludes halogenated alkanes) is 1. The second-order valence-electron chi connectivity index (χ2n) is 4.61. The maximum absolute atomic E-state index is 12.4. The van der Waals surface area contributed by atoms with Gasteiger partial charge in [-0.25, -0.2) is 0 Å². The van der Waals surface area contributed by atoms with Crippen LogP contribution in [0.1, 0.15) is 48.5 Å². The molecule has 0 aliphatic carbocycles. The van der Waals surface area contributed by atoms with Crippen LogP contribution in [0, 0.1) is 5.92 Å². The lowest BCUT2D eigenvalue weighted by molar-refractivity contribution is 0.0906. The molecule has 2 heteroatoms. The van der Waals surface area contributed by atoms with Crippen LogP contribution < -0.4 is 5.73 Å². The van der Waals surface area contributed by atoms with Crippen molar-refractivity contribution in [1.82, 2.24) is 0 Å². The Hall–Kier alpha value is -1.41. The van der Waals surface area contributed by atoms with E-state index < -0.39 is 0 Å². The average Bonchev–Trinajstić information content (AvgIpc) is 2.42. The summed E-state index contributed by atoms with van der Waals surface area (Å²) in [5.41, 5.74) is 7.37. The largest absolute Gasteiger partial charge is 0.330 e. The van der Waals surface area contributed by atoms with E-state index >= 15 is 0 Å². The van der Waals surface area contributed by atoms with Gasteiger partial charge in [0, 0.05) is 11.5 Å². The minimum Gasteiger partial charge on any atom is -0.330 e. The van der Waals surface area contributed by atoms with Gasteiger partial charge in [0.25, 0.3) is 0 Å². The number of hydrogen-bond acceptors (Lipinski definition) is 2. The Morgan fingerprint density at radius 3 is 2.83 bits per heavy atom. The number of carbonyl (C=O) groups excluding carboxylic acids is 1. The van der Waals surface area contributed by atoms with Crippen LogP contribution in [0.25, 0.3) is 6.08 Å². The number of benzene rings is 1. The van der Waals surface area contributed by atoms with Crippen molar-refractivity contribution in [2.75, 3.05) is 6.54 Å². The lowest BCUT2D eigenvalue weighted by atomic mass is 9.89. The Morgan fingerprint density at radius 1 is 1.44 bits per heavy atom. The number of hydrogen-bond donors (Lipinski definition) is 1. The SMILES string of the molecule is C=Cc1cccc(C(=O)C(CCN)CCCC)c1. The van der Waals surface area contributed by atoms with Gasteiger partial charge in [0.1, 0.15) is 0 Å². The summed E-state index contributed by atoms with van der Waals surface area (Å²) in [7, 11) is 0. The van der Waals surface area contributed by atoms with E-state index in [4.69, 9.17) is 5.73 Å². The molecular weight excluding hydrogens is 222 g/mol. The van der Waals surface area contributed by atoms with Crippen molar-refractivity contribution in [2.45, 2.75) is 32.6 Å². The summed E-state index contributed by atoms with van der Waals surface area (Å²) in [5.74, 6) is 0.285. The zero-order valence-electron chi connectivity index (χ0n) is 11.2. The van der Waals surface area contributed by atoms with Crippen molar-refractivity contribution in [3.8, 4) is 0 Å². The maximum Gasteiger partial charge on any atom is 0.166 e. The van der Waals surface area contributed by atoms with E-state index in [1.165, 1.54) is 0 Å². The summed E-state index contributed by atoms with van der Waals surface area (Å²) in [6.07, 6.45) is 5.67. The summed E-state index contributed by atoms with van der Waals surface area (Å²) in [5, 5.41) is 0. The highest BCUT2D eigenvalue weighted by atomic mass is 16.1. The van der Waals surface area contributed by atoms with E-state index in [9.17, 15) is 4.79 Å². The lowest BCUT2D eigenvalue weighted by Crippen LogP contribution is -2.19. The van der Waals surface area contributed by atoms with Gasteiger partial charge in [0.2, 0.25) is 0 Å². The second kappa shape index (κ2) is 7.83. The van der Waals surface area contributed by atoms with Gasteiger partial charge in [-0.1, -0.05) is 50.6 Å². The highest BCUT2D eigenvalue weighted by Gasteiger charge is 2.18. The molecule has 98 valence electrons. The normalized spacial score (nSPS) is 12.1. The fourth-order valence-electron chi connectivity index (χ4n) is 2.11. The molecular formula is C16H23NO. The van der Waals surface area contributed by atoms with Gasteiger partial charge in [-0.05, 0) is 31.0 Å². The van der Waals surface area contributed by atoms with E-state index in [0.29, 0.717) is 6.54 Å². The molecule has 0 amide bonds. The fourth-order valence-corrected chi connectivity index (χ4v) is 2.11. The quantitative estimate of drug-likeness (QED) is 0.710. The first-order chi connectivity index (χ1) is 8.72. The summed E-state index contributed by atoms with van der Waals surface area (Å²) in [6.45, 7) is 6.44. The summed E-state index contributed by atoms with van der Waals surface area (Å²) in [4.78, 5) is 12.4. The molecule has 18 heavy (non-hydrogen) atoms. The Morgan fingerprint density at radius 2 is 2.22 bits per heavy atom. The van der Waals surface area contributed by atoms with Crippen LogP contribution in [-0.4, -0.2) is 12.3 Å². The van der Waals surface area contributed by atoms with Crippen molar-refractivity contribution in [3.05, 3.63) is 42.0 Å². The first-order valence-electron chi connectivity index (χ1n) is 6.69. The molecule has 0 saturated heterocycles. The Kier molecular flexibility index (Phi) is 6.37. The molecule has 2 N–H and O–H groups in total. The molecule has 0 heterocycles. The predicted molar refractivity (Wildman–Crippen MR) is 77.5 cm³/mol. The topological polar surface area (TPSA) is 43.1 Å². The van der Waals surface area contributed by atoms with Crippen molar-refractivity contribution in [2.24, 2.45) is 11.7 Å². The smallest absolute Gasteiger partial charge is 0.166 e. The Balaban J connectivity index is 2.82. The van der Waals surface area contributed by atoms with Crippen LogP contribution in [0.2, 0.25) is 0 Å². The highest BCUT2D eigenvalue weighted by Crippen LogP contribution is 2.19. The van der Waals surface area contributed by atoms with Crippen LogP contribution in [0.3, 0.4) is 0 Å². The second-order valence-corrected chi connectivity index (χ2v) is 4.61. The predicted octanol–water partition coefficient (Wildman–Crippen LogP) is 3.67. The summed E-state index contributed by atoms with van der Waals surface area (Å²) < 4.78 is 0. The van der Waals surface area contributed by atoms with Gasteiger partial charge < -0.3 is 5.73 Å². The van der Waals surface area contributed by atoms with E-state index in [1.54, 1.807) is 6.08 Å². The van der Waals surface area contributed by atoms with Crippen molar-refractivity contribution in [3.63, 3.8) is 0 Å². The number of rotatable bonds is 8. The number of nitrogens with two attached hydrogens (primary N) is 1. The zero-order chi connectivity index (χ0) is 13.4. The van der Waals surface area contributed by atoms with E-state index in [-0.39, 0.29) is 11.7 Å². The van der Waals surface area contributed by atoms with Crippen LogP contribution in [0.15, 0.2) is 30.8 Å². The zero-order valence-corrected chi connectivity index (χ0v) is 11.2. The molecule has 1 atom stereocenters. The minimum absolute atomic E-state index is 0.0648. The van der Waals surface area contributed by atoms with E-state index in [1.807, 2.05) is 24.3 Å². The summed E-state index contributed by atoms with van der Waals surface area (Å²) >= 11 is 0. The fraction of sp³-hybridized carbons (Fsp3) is 0.438. The Labute approximate surface area is 110 Å². The molecule has 0 saturated carbocycles. The molecule has 2 nitrogen and oxygen atoms in total. The molecule has 1 unspecified atom stereocenters. The molecule has 1 rings (SSSR count). The average molecular weight is 245 g/mol. The number of ketones is 1. The standard InChI is InChI=1S/C16H23NO/c1-3-5-8-14(10-11-17)16(18)15-9-6-7-13(4-2)12-15/h4,6-7,9,12,14H,2-3,5,8,10-11,17H2,1H3. The van der Waals surface area contributed by atoms with Gasteiger partial charge in [0.15, 0.2) is 5.78 Å². The third-order valence-corrected chi connectivity index (χ3v) is 3.20. The van der Waals surface area contributed by atoms with Gasteiger partial charge >= 0.3 is 0 Å². The number of Topliss-reactive ketones (excluding diaryl/α,β-unsaturated/α-hetero) is 1. The first-order valence-corrected chi connectivity index (χ1v) is 6.69. The van der Waals surface area contributed by atoms with E-state index in [2.05, 4.69) is 13.5 Å². The lowest BCUT2D eigenvalue weighted by Gasteiger charge is -2.14. The van der Waals surface area contributed by atoms with Crippen LogP contribution in [-0.2, 0) is 0 Å². The van der Waals surface area contributed by atoms with Crippen molar-refractivity contribution < 1.29 is 4.79 Å². The Bertz CT molecular complexity index is 398. The van der Waals surface area contributed by atoms with Gasteiger partial charge in [0.05, 0.1) is 0 Å². The van der Waals surface area contributed by atoms with Gasteiger partial charge in [-0.3, -0.25) is 4.79 Å². The molecule has 1 aromatic rings. The molecule has 0 fully saturated rings. The maximum atomic E-state index is 12.4. The van der Waals surface area contributed by atoms with Crippen LogP contribution >= 0.6 is 0 Å². The van der Waals surface area contributed by atoms with Crippen LogP contribution in [0.5, 0.6) is 0 Å². The van der Waals surface area contributed by atoms with Gasteiger partial charge in [-0.15, -0.1) is 0 Å². The molecule has 0 bridgehead atoms. The first kappa shape index (κ1) is 14.7. The molecule has 1 aromatic carbocycles. The van der Waals surface area contributed by atoms with E-state index in [0.717, 1.165) is 36.8 Å². The molecule has 0 spiro atoms. The van der Waals surface area contributed by atoms with Crippen molar-refractivity contribution in [1.29, 1.82) is 0 Å². The van der Waals surface area contributed by atoms with Crippen LogP contribution in [0.4, 0.5) is 0 Å². The molecule has 0 aliphatic rings. The highest BCUT2D eigenvalue weighted by molar-refractivity contribution is 5.98. The monoisotopic (exact) mass is 245 g/mol. The van der Waals surface area contributed by atoms with Crippen molar-refractivity contribution >= 4 is 11.9 Å². The number of carbonyl (C=O) groups is 1. The molecule has 0 radical (unpaired) electrons.